The van der Waals surface area contributed by atoms with Gasteiger partial charge in [-0.1, -0.05) is 23.4 Å². The number of ether oxygens (including phenoxy) is 4. The lowest BCUT2D eigenvalue weighted by Crippen LogP contribution is -2.27. The van der Waals surface area contributed by atoms with Crippen molar-refractivity contribution in [3.63, 3.8) is 0 Å². The summed E-state index contributed by atoms with van der Waals surface area (Å²) in [5, 5.41) is 0.935. The first-order chi connectivity index (χ1) is 14.0. The largest absolute Gasteiger partial charge is 0.466 e. The van der Waals surface area contributed by atoms with E-state index in [1.165, 1.54) is 35.9 Å². The Bertz CT molecular complexity index is 884. The van der Waals surface area contributed by atoms with E-state index in [0.717, 1.165) is 0 Å². The summed E-state index contributed by atoms with van der Waals surface area (Å²) in [6.07, 6.45) is 4.56. The van der Waals surface area contributed by atoms with Crippen LogP contribution in [0.1, 0.15) is 12.0 Å². The number of nitrogens with zero attached hydrogens (tertiary/aromatic N) is 1. The molecule has 2 heterocycles. The van der Waals surface area contributed by atoms with Gasteiger partial charge in [0.15, 0.2) is 11.5 Å². The number of methoxy groups -OCH3 is 1. The van der Waals surface area contributed by atoms with Crippen LogP contribution in [0.2, 0.25) is 5.02 Å². The number of benzene rings is 1. The van der Waals surface area contributed by atoms with E-state index in [1.54, 1.807) is 18.2 Å². The first-order valence-corrected chi connectivity index (χ1v) is 10.0. The summed E-state index contributed by atoms with van der Waals surface area (Å²) in [5.74, 6) is 0.134. The van der Waals surface area contributed by atoms with Gasteiger partial charge in [-0.15, -0.1) is 0 Å². The predicted octanol–water partition coefficient (Wildman–Crippen LogP) is 2.61. The van der Waals surface area contributed by atoms with Gasteiger partial charge in [-0.05, 0) is 30.2 Å². The number of thioether (sulfide) groups is 1. The van der Waals surface area contributed by atoms with E-state index >= 15 is 0 Å². The Kier molecular flexibility index (Phi) is 7.05. The zero-order valence-corrected chi connectivity index (χ0v) is 17.1. The highest BCUT2D eigenvalue weighted by Gasteiger charge is 2.27. The Morgan fingerprint density at radius 1 is 1.31 bits per heavy atom. The summed E-state index contributed by atoms with van der Waals surface area (Å²) in [5.41, 5.74) is 0.675. The molecule has 0 saturated carbocycles. The average molecular weight is 440 g/mol. The van der Waals surface area contributed by atoms with Crippen LogP contribution in [-0.4, -0.2) is 55.6 Å². The highest BCUT2D eigenvalue weighted by Crippen LogP contribution is 2.40. The summed E-state index contributed by atoms with van der Waals surface area (Å²) < 4.78 is 20.2. The van der Waals surface area contributed by atoms with Crippen LogP contribution in [-0.2, 0) is 23.9 Å². The van der Waals surface area contributed by atoms with Crippen LogP contribution in [0.3, 0.4) is 0 Å². The number of hydrogen-bond acceptors (Lipinski definition) is 8. The topological polar surface area (TPSA) is 91.4 Å². The molecule has 1 amide bonds. The zero-order valence-electron chi connectivity index (χ0n) is 15.5. The average Bonchev–Trinajstić information content (AvgIpc) is 3.31. The molecule has 29 heavy (non-hydrogen) atoms. The minimum Gasteiger partial charge on any atom is -0.466 e. The summed E-state index contributed by atoms with van der Waals surface area (Å²) in [6, 6.07) is 3.37. The number of carbonyl (C=O) groups is 3. The maximum absolute atomic E-state index is 11.9. The van der Waals surface area contributed by atoms with Crippen molar-refractivity contribution in [2.75, 3.05) is 32.8 Å². The Morgan fingerprint density at radius 3 is 2.93 bits per heavy atom. The Balaban J connectivity index is 1.46. The number of hydrogen-bond donors (Lipinski definition) is 0. The lowest BCUT2D eigenvalue weighted by molar-refractivity contribution is -0.138. The number of carbonyl (C=O) groups excluding carboxylic acids is 3. The van der Waals surface area contributed by atoms with Gasteiger partial charge in [0.1, 0.15) is 0 Å². The summed E-state index contributed by atoms with van der Waals surface area (Å²) in [7, 11) is 1.27. The molecule has 1 saturated heterocycles. The molecule has 0 N–H and O–H groups in total. The molecule has 1 fully saturated rings. The van der Waals surface area contributed by atoms with Crippen LogP contribution >= 0.6 is 23.4 Å². The number of halogens is 1. The zero-order chi connectivity index (χ0) is 20.8. The molecule has 10 heteroatoms. The third-order valence-electron chi connectivity index (χ3n) is 3.98. The predicted molar refractivity (Wildman–Crippen MR) is 106 cm³/mol. The van der Waals surface area contributed by atoms with Crippen molar-refractivity contribution >= 4 is 47.3 Å². The molecule has 1 aromatic rings. The fourth-order valence-corrected chi connectivity index (χ4v) is 3.85. The van der Waals surface area contributed by atoms with E-state index in [9.17, 15) is 14.4 Å². The van der Waals surface area contributed by atoms with Crippen LogP contribution in [0.15, 0.2) is 29.3 Å². The van der Waals surface area contributed by atoms with Gasteiger partial charge in [0.05, 0.1) is 35.6 Å². The fourth-order valence-electron chi connectivity index (χ4n) is 2.62. The van der Waals surface area contributed by atoms with Gasteiger partial charge in [-0.25, -0.2) is 9.59 Å². The Morgan fingerprint density at radius 2 is 2.14 bits per heavy atom. The van der Waals surface area contributed by atoms with Crippen molar-refractivity contribution in [3.8, 4) is 11.5 Å². The molecule has 8 nitrogen and oxygen atoms in total. The molecule has 0 spiro atoms. The lowest BCUT2D eigenvalue weighted by Gasteiger charge is -2.16. The van der Waals surface area contributed by atoms with Gasteiger partial charge < -0.3 is 23.8 Å². The fraction of sp³-hybridized carbons (Fsp3) is 0.316. The molecular formula is C19H18ClNO7S. The van der Waals surface area contributed by atoms with Crippen molar-refractivity contribution in [2.45, 2.75) is 6.42 Å². The molecule has 0 aromatic heterocycles. The molecule has 0 atom stereocenters. The quantitative estimate of drug-likeness (QED) is 0.364. The van der Waals surface area contributed by atoms with E-state index in [1.807, 2.05) is 0 Å². The molecule has 0 radical (unpaired) electrons. The minimum atomic E-state index is -0.522. The third-order valence-corrected chi connectivity index (χ3v) is 5.29. The number of rotatable bonds is 7. The van der Waals surface area contributed by atoms with E-state index in [4.69, 9.17) is 25.8 Å². The summed E-state index contributed by atoms with van der Waals surface area (Å²) >= 11 is 7.37. The molecule has 3 rings (SSSR count). The van der Waals surface area contributed by atoms with E-state index in [0.29, 0.717) is 40.1 Å². The van der Waals surface area contributed by atoms with Crippen molar-refractivity contribution in [3.05, 3.63) is 39.9 Å². The number of fused-ring (bicyclic) bond motifs is 1. The van der Waals surface area contributed by atoms with Crippen LogP contribution in [0, 0.1) is 0 Å². The molecule has 0 aliphatic carbocycles. The normalized spacial score (nSPS) is 16.7. The van der Waals surface area contributed by atoms with Gasteiger partial charge in [0.2, 0.25) is 12.7 Å². The number of amides is 1. The lowest BCUT2D eigenvalue weighted by atomic mass is 10.2. The summed E-state index contributed by atoms with van der Waals surface area (Å²) in [4.78, 5) is 36.7. The van der Waals surface area contributed by atoms with Crippen LogP contribution < -0.4 is 9.47 Å². The van der Waals surface area contributed by atoms with Crippen LogP contribution in [0.5, 0.6) is 11.5 Å². The second-order valence-corrected chi connectivity index (χ2v) is 7.33. The molecule has 2 aliphatic rings. The van der Waals surface area contributed by atoms with Gasteiger partial charge in [-0.3, -0.25) is 4.79 Å². The second kappa shape index (κ2) is 9.71. The van der Waals surface area contributed by atoms with Crippen molar-refractivity contribution in [1.82, 2.24) is 4.90 Å². The first-order valence-electron chi connectivity index (χ1n) is 8.64. The van der Waals surface area contributed by atoms with E-state index in [-0.39, 0.29) is 25.1 Å². The molecule has 2 aliphatic heterocycles. The highest BCUT2D eigenvalue weighted by atomic mass is 35.5. The van der Waals surface area contributed by atoms with Crippen molar-refractivity contribution in [2.24, 2.45) is 0 Å². The van der Waals surface area contributed by atoms with Gasteiger partial charge in [0.25, 0.3) is 0 Å². The van der Waals surface area contributed by atoms with Crippen LogP contribution in [0.25, 0.3) is 6.08 Å². The van der Waals surface area contributed by atoms with Crippen molar-refractivity contribution < 1.29 is 33.3 Å². The minimum absolute atomic E-state index is 0.101. The standard InChI is InChI=1S/C19H18ClNO7S/c1-25-18(24)9-16-21(15(22)10-29-16)5-2-6-26-17(23)4-3-12-7-13(20)19-14(8-12)27-11-28-19/h3-4,7-9H,2,5-6,10-11H2,1H3/b4-3+,16-9+. The maximum Gasteiger partial charge on any atom is 0.333 e. The highest BCUT2D eigenvalue weighted by molar-refractivity contribution is 8.04. The molecular weight excluding hydrogens is 422 g/mol. The second-order valence-electron chi connectivity index (χ2n) is 5.93. The van der Waals surface area contributed by atoms with Crippen molar-refractivity contribution in [1.29, 1.82) is 0 Å². The molecule has 1 aromatic carbocycles. The van der Waals surface area contributed by atoms with Gasteiger partial charge in [-0.2, -0.15) is 0 Å². The van der Waals surface area contributed by atoms with Gasteiger partial charge >= 0.3 is 11.9 Å². The summed E-state index contributed by atoms with van der Waals surface area (Å²) in [6.45, 7) is 0.577. The molecule has 0 bridgehead atoms. The monoisotopic (exact) mass is 439 g/mol. The number of esters is 2. The first kappa shape index (κ1) is 21.1. The van der Waals surface area contributed by atoms with E-state index < -0.39 is 11.9 Å². The maximum atomic E-state index is 11.9. The smallest absolute Gasteiger partial charge is 0.333 e. The Labute approximate surface area is 176 Å². The third kappa shape index (κ3) is 5.45. The Hall–Kier alpha value is -2.65. The van der Waals surface area contributed by atoms with Gasteiger partial charge in [0, 0.05) is 12.6 Å². The van der Waals surface area contributed by atoms with E-state index in [2.05, 4.69) is 4.74 Å². The van der Waals surface area contributed by atoms with Crippen LogP contribution in [0.4, 0.5) is 0 Å². The molecule has 154 valence electrons. The molecule has 0 unspecified atom stereocenters. The SMILES string of the molecule is COC(=O)/C=C1/SCC(=O)N1CCCOC(=O)/C=C/c1cc(Cl)c2c(c1)OCO2.